The molecular weight excluding hydrogens is 333 g/mol. The van der Waals surface area contributed by atoms with Crippen molar-refractivity contribution in [3.63, 3.8) is 0 Å². The number of nitrogens with one attached hydrogen (secondary N) is 2. The predicted molar refractivity (Wildman–Crippen MR) is 97.9 cm³/mol. The number of aromatic nitrogens is 3. The van der Waals surface area contributed by atoms with Gasteiger partial charge in [-0.05, 0) is 24.3 Å². The maximum atomic E-state index is 13.8. The number of aliphatic hydroxyl groups excluding tert-OH is 1. The van der Waals surface area contributed by atoms with Gasteiger partial charge in [0.05, 0.1) is 18.0 Å². The lowest BCUT2D eigenvalue weighted by Gasteiger charge is -2.20. The molecule has 2 aromatic heterocycles. The second-order valence-corrected chi connectivity index (χ2v) is 6.56. The lowest BCUT2D eigenvalue weighted by atomic mass is 9.85. The van der Waals surface area contributed by atoms with Crippen LogP contribution in [0, 0.1) is 5.82 Å². The van der Waals surface area contributed by atoms with Crippen molar-refractivity contribution >= 4 is 17.5 Å². The minimum Gasteiger partial charge on any atom is -0.395 e. The molecular formula is C19H18FN5O. The Hall–Kier alpha value is -3.06. The third kappa shape index (κ3) is 2.86. The Bertz CT molecular complexity index is 964. The molecule has 0 saturated heterocycles. The number of anilines is 3. The highest BCUT2D eigenvalue weighted by Crippen LogP contribution is 2.37. The van der Waals surface area contributed by atoms with Crippen molar-refractivity contribution in [3.8, 4) is 11.3 Å². The summed E-state index contributed by atoms with van der Waals surface area (Å²) in [5.41, 5.74) is 2.38. The van der Waals surface area contributed by atoms with Crippen LogP contribution in [0.4, 0.5) is 21.8 Å². The van der Waals surface area contributed by atoms with Gasteiger partial charge >= 0.3 is 0 Å². The highest BCUT2D eigenvalue weighted by Gasteiger charge is 2.35. The molecule has 3 aromatic rings. The number of para-hydroxylation sites is 1. The molecule has 7 heteroatoms. The lowest BCUT2D eigenvalue weighted by Crippen LogP contribution is -2.28. The van der Waals surface area contributed by atoms with Crippen LogP contribution in [-0.2, 0) is 5.41 Å². The van der Waals surface area contributed by atoms with Crippen LogP contribution < -0.4 is 10.6 Å². The topological polar surface area (TPSA) is 83.0 Å². The van der Waals surface area contributed by atoms with E-state index in [9.17, 15) is 9.50 Å². The van der Waals surface area contributed by atoms with Gasteiger partial charge in [-0.15, -0.1) is 0 Å². The second kappa shape index (κ2) is 6.34. The van der Waals surface area contributed by atoms with Gasteiger partial charge < -0.3 is 15.7 Å². The number of halogens is 1. The summed E-state index contributed by atoms with van der Waals surface area (Å²) in [6.07, 6.45) is 3.34. The van der Waals surface area contributed by atoms with Gasteiger partial charge in [0.15, 0.2) is 0 Å². The number of hydrogen-bond donors (Lipinski definition) is 3. The largest absolute Gasteiger partial charge is 0.395 e. The number of rotatable bonds is 4. The third-order valence-corrected chi connectivity index (χ3v) is 4.60. The van der Waals surface area contributed by atoms with Crippen LogP contribution in [0.3, 0.4) is 0 Å². The maximum Gasteiger partial charge on any atom is 0.227 e. The Morgan fingerprint density at radius 1 is 1.27 bits per heavy atom. The van der Waals surface area contributed by atoms with Gasteiger partial charge in [0, 0.05) is 35.5 Å². The average molecular weight is 351 g/mol. The van der Waals surface area contributed by atoms with E-state index in [4.69, 9.17) is 0 Å². The molecule has 1 atom stereocenters. The Balaban J connectivity index is 1.68. The highest BCUT2D eigenvalue weighted by molar-refractivity contribution is 5.67. The summed E-state index contributed by atoms with van der Waals surface area (Å²) >= 11 is 0. The van der Waals surface area contributed by atoms with Crippen LogP contribution in [-0.4, -0.2) is 33.2 Å². The molecule has 1 unspecified atom stereocenters. The van der Waals surface area contributed by atoms with Crippen molar-refractivity contribution in [2.24, 2.45) is 0 Å². The van der Waals surface area contributed by atoms with E-state index >= 15 is 0 Å². The van der Waals surface area contributed by atoms with Crippen molar-refractivity contribution in [1.29, 1.82) is 0 Å². The van der Waals surface area contributed by atoms with Crippen LogP contribution in [0.1, 0.15) is 12.5 Å². The fraction of sp³-hybridized carbons (Fsp3) is 0.211. The molecule has 0 amide bonds. The quantitative estimate of drug-likeness (QED) is 0.670. The van der Waals surface area contributed by atoms with E-state index in [1.54, 1.807) is 36.7 Å². The molecule has 0 radical (unpaired) electrons. The molecule has 26 heavy (non-hydrogen) atoms. The fourth-order valence-electron chi connectivity index (χ4n) is 2.98. The van der Waals surface area contributed by atoms with Gasteiger partial charge in [-0.1, -0.05) is 19.1 Å². The number of hydrogen-bond acceptors (Lipinski definition) is 6. The van der Waals surface area contributed by atoms with E-state index in [2.05, 4.69) is 25.6 Å². The molecule has 4 rings (SSSR count). The van der Waals surface area contributed by atoms with E-state index in [0.717, 1.165) is 16.9 Å². The SMILES string of the molecule is CC1(CO)CNc2ncc(-c3ccnc(Nc4ccccc4F)n3)cc21. The van der Waals surface area contributed by atoms with Crippen molar-refractivity contribution in [2.45, 2.75) is 12.3 Å². The first-order valence-electron chi connectivity index (χ1n) is 8.29. The van der Waals surface area contributed by atoms with E-state index in [-0.39, 0.29) is 17.8 Å². The summed E-state index contributed by atoms with van der Waals surface area (Å²) in [7, 11) is 0. The van der Waals surface area contributed by atoms with Crippen LogP contribution in [0.15, 0.2) is 48.8 Å². The summed E-state index contributed by atoms with van der Waals surface area (Å²) in [6, 6.07) is 10.1. The molecule has 0 spiro atoms. The summed E-state index contributed by atoms with van der Waals surface area (Å²) in [5, 5.41) is 15.8. The molecule has 1 aromatic carbocycles. The zero-order valence-electron chi connectivity index (χ0n) is 14.2. The van der Waals surface area contributed by atoms with Gasteiger partial charge in [-0.2, -0.15) is 0 Å². The van der Waals surface area contributed by atoms with E-state index < -0.39 is 0 Å². The number of fused-ring (bicyclic) bond motifs is 1. The Morgan fingerprint density at radius 3 is 2.92 bits per heavy atom. The van der Waals surface area contributed by atoms with Crippen molar-refractivity contribution in [3.05, 3.63) is 60.2 Å². The first kappa shape index (κ1) is 16.4. The van der Waals surface area contributed by atoms with Crippen LogP contribution in [0.25, 0.3) is 11.3 Å². The van der Waals surface area contributed by atoms with Gasteiger partial charge in [-0.25, -0.2) is 19.3 Å². The number of aliphatic hydroxyl groups is 1. The van der Waals surface area contributed by atoms with Crippen molar-refractivity contribution in [1.82, 2.24) is 15.0 Å². The normalized spacial score (nSPS) is 18.3. The van der Waals surface area contributed by atoms with Crippen LogP contribution >= 0.6 is 0 Å². The molecule has 0 fully saturated rings. The molecule has 3 N–H and O–H groups in total. The lowest BCUT2D eigenvalue weighted by molar-refractivity contribution is 0.218. The first-order chi connectivity index (χ1) is 12.6. The fourth-order valence-corrected chi connectivity index (χ4v) is 2.98. The van der Waals surface area contributed by atoms with Crippen molar-refractivity contribution < 1.29 is 9.50 Å². The van der Waals surface area contributed by atoms with Gasteiger partial charge in [-0.3, -0.25) is 0 Å². The van der Waals surface area contributed by atoms with Gasteiger partial charge in [0.25, 0.3) is 0 Å². The molecule has 0 saturated carbocycles. The molecule has 6 nitrogen and oxygen atoms in total. The number of benzene rings is 1. The maximum absolute atomic E-state index is 13.8. The van der Waals surface area contributed by atoms with E-state index in [0.29, 0.717) is 23.9 Å². The Labute approximate surface area is 150 Å². The van der Waals surface area contributed by atoms with Crippen LogP contribution in [0.2, 0.25) is 0 Å². The van der Waals surface area contributed by atoms with Gasteiger partial charge in [0.2, 0.25) is 5.95 Å². The van der Waals surface area contributed by atoms with E-state index in [1.807, 2.05) is 13.0 Å². The molecule has 1 aliphatic rings. The van der Waals surface area contributed by atoms with Crippen LogP contribution in [0.5, 0.6) is 0 Å². The number of pyridine rings is 1. The van der Waals surface area contributed by atoms with Crippen molar-refractivity contribution in [2.75, 3.05) is 23.8 Å². The monoisotopic (exact) mass is 351 g/mol. The zero-order chi connectivity index (χ0) is 18.1. The average Bonchev–Trinajstić information content (AvgIpc) is 3.01. The summed E-state index contributed by atoms with van der Waals surface area (Å²) < 4.78 is 13.8. The smallest absolute Gasteiger partial charge is 0.227 e. The predicted octanol–water partition coefficient (Wildman–Crippen LogP) is 3.10. The zero-order valence-corrected chi connectivity index (χ0v) is 14.2. The number of nitrogens with zero attached hydrogens (tertiary/aromatic N) is 3. The molecule has 132 valence electrons. The minimum absolute atomic E-state index is 0.0298. The standard InChI is InChI=1S/C19H18FN5O/c1-19(11-26)10-23-17-13(19)8-12(9-22-17)15-6-7-21-18(24-15)25-16-5-3-2-4-14(16)20/h2-9,26H,10-11H2,1H3,(H,22,23)(H,21,24,25). The Kier molecular flexibility index (Phi) is 4.00. The van der Waals surface area contributed by atoms with E-state index in [1.165, 1.54) is 6.07 Å². The van der Waals surface area contributed by atoms with Gasteiger partial charge in [0.1, 0.15) is 11.6 Å². The minimum atomic E-state index is -0.375. The molecule has 3 heterocycles. The second-order valence-electron chi connectivity index (χ2n) is 6.56. The summed E-state index contributed by atoms with van der Waals surface area (Å²) in [4.78, 5) is 13.1. The summed E-state index contributed by atoms with van der Waals surface area (Å²) in [6.45, 7) is 2.66. The summed E-state index contributed by atoms with van der Waals surface area (Å²) in [5.74, 6) is 0.714. The third-order valence-electron chi connectivity index (χ3n) is 4.60. The molecule has 1 aliphatic heterocycles. The Morgan fingerprint density at radius 2 is 2.12 bits per heavy atom. The highest BCUT2D eigenvalue weighted by atomic mass is 19.1. The molecule has 0 aliphatic carbocycles. The first-order valence-corrected chi connectivity index (χ1v) is 8.29. The molecule has 0 bridgehead atoms.